The summed E-state index contributed by atoms with van der Waals surface area (Å²) in [7, 11) is 0. The molecule has 0 bridgehead atoms. The van der Waals surface area contributed by atoms with E-state index in [2.05, 4.69) is 24.0 Å². The summed E-state index contributed by atoms with van der Waals surface area (Å²) in [5.41, 5.74) is 0. The van der Waals surface area contributed by atoms with Gasteiger partial charge in [-0.3, -0.25) is 9.69 Å². The minimum Gasteiger partial charge on any atom is -0.481 e. The fourth-order valence-corrected chi connectivity index (χ4v) is 1.60. The minimum absolute atomic E-state index is 0.126. The molecule has 18 heavy (non-hydrogen) atoms. The van der Waals surface area contributed by atoms with E-state index in [-0.39, 0.29) is 6.42 Å². The Hall–Kier alpha value is -1.43. The van der Waals surface area contributed by atoms with Crippen molar-refractivity contribution >= 4 is 5.97 Å². The van der Waals surface area contributed by atoms with Crippen molar-refractivity contribution < 1.29 is 14.4 Å². The number of hydrogen-bond acceptors (Lipinski definition) is 5. The number of rotatable bonds is 8. The molecule has 6 nitrogen and oxygen atoms in total. The third-order valence-electron chi connectivity index (χ3n) is 2.55. The average molecular weight is 255 g/mol. The third-order valence-corrected chi connectivity index (χ3v) is 2.55. The molecule has 0 saturated heterocycles. The molecular weight excluding hydrogens is 234 g/mol. The van der Waals surface area contributed by atoms with Gasteiger partial charge in [-0.1, -0.05) is 25.9 Å². The normalized spacial score (nSPS) is 11.4. The Morgan fingerprint density at radius 2 is 2.22 bits per heavy atom. The van der Waals surface area contributed by atoms with Crippen LogP contribution in [0.25, 0.3) is 0 Å². The molecule has 0 aliphatic carbocycles. The minimum atomic E-state index is -0.792. The first-order valence-electron chi connectivity index (χ1n) is 6.26. The van der Waals surface area contributed by atoms with Crippen LogP contribution in [0.15, 0.2) is 4.52 Å². The van der Waals surface area contributed by atoms with Gasteiger partial charge in [0, 0.05) is 13.0 Å². The van der Waals surface area contributed by atoms with E-state index < -0.39 is 5.97 Å². The van der Waals surface area contributed by atoms with Gasteiger partial charge in [0.1, 0.15) is 0 Å². The third kappa shape index (κ3) is 5.27. The zero-order valence-electron chi connectivity index (χ0n) is 11.2. The van der Waals surface area contributed by atoms with Crippen LogP contribution < -0.4 is 0 Å². The summed E-state index contributed by atoms with van der Waals surface area (Å²) in [5, 5.41) is 12.6. The van der Waals surface area contributed by atoms with Crippen LogP contribution in [0.1, 0.15) is 38.9 Å². The Kier molecular flexibility index (Phi) is 5.77. The maximum absolute atomic E-state index is 10.5. The fourth-order valence-electron chi connectivity index (χ4n) is 1.60. The van der Waals surface area contributed by atoms with Crippen LogP contribution in [-0.2, 0) is 17.8 Å². The highest BCUT2D eigenvalue weighted by atomic mass is 16.5. The van der Waals surface area contributed by atoms with E-state index in [9.17, 15) is 4.79 Å². The van der Waals surface area contributed by atoms with Crippen molar-refractivity contribution in [3.05, 3.63) is 11.7 Å². The van der Waals surface area contributed by atoms with Gasteiger partial charge in [0.25, 0.3) is 0 Å². The van der Waals surface area contributed by atoms with Gasteiger partial charge in [-0.25, -0.2) is 0 Å². The summed E-state index contributed by atoms with van der Waals surface area (Å²) in [4.78, 5) is 16.8. The van der Waals surface area contributed by atoms with Crippen molar-refractivity contribution in [2.75, 3.05) is 13.1 Å². The van der Waals surface area contributed by atoms with Crippen molar-refractivity contribution in [1.82, 2.24) is 15.0 Å². The van der Waals surface area contributed by atoms with E-state index >= 15 is 0 Å². The van der Waals surface area contributed by atoms with Gasteiger partial charge in [-0.15, -0.1) is 0 Å². The number of carboxylic acids is 1. The highest BCUT2D eigenvalue weighted by molar-refractivity contribution is 5.66. The SMILES string of the molecule is CCN(CCC(=O)O)Cc1nc(CC(C)C)no1. The van der Waals surface area contributed by atoms with Crippen molar-refractivity contribution in [3.63, 3.8) is 0 Å². The lowest BCUT2D eigenvalue weighted by Gasteiger charge is -2.16. The monoisotopic (exact) mass is 255 g/mol. The fraction of sp³-hybridized carbons (Fsp3) is 0.750. The van der Waals surface area contributed by atoms with Crippen LogP contribution in [0.4, 0.5) is 0 Å². The molecule has 0 aliphatic heterocycles. The molecule has 1 aromatic rings. The topological polar surface area (TPSA) is 79.5 Å². The maximum atomic E-state index is 10.5. The van der Waals surface area contributed by atoms with E-state index in [1.54, 1.807) is 0 Å². The van der Waals surface area contributed by atoms with E-state index in [0.717, 1.165) is 13.0 Å². The lowest BCUT2D eigenvalue weighted by molar-refractivity contribution is -0.137. The molecule has 0 spiro atoms. The molecular formula is C12H21N3O3. The van der Waals surface area contributed by atoms with Gasteiger partial charge in [0.15, 0.2) is 5.82 Å². The van der Waals surface area contributed by atoms with Crippen LogP contribution >= 0.6 is 0 Å². The van der Waals surface area contributed by atoms with Crippen LogP contribution in [0.2, 0.25) is 0 Å². The molecule has 0 aromatic carbocycles. The van der Waals surface area contributed by atoms with Crippen molar-refractivity contribution in [1.29, 1.82) is 0 Å². The molecule has 102 valence electrons. The first-order valence-corrected chi connectivity index (χ1v) is 6.26. The lowest BCUT2D eigenvalue weighted by Crippen LogP contribution is -2.25. The maximum Gasteiger partial charge on any atom is 0.304 e. The number of carbonyl (C=O) groups is 1. The van der Waals surface area contributed by atoms with Gasteiger partial charge < -0.3 is 9.63 Å². The van der Waals surface area contributed by atoms with Crippen LogP contribution in [0.5, 0.6) is 0 Å². The first-order chi connectivity index (χ1) is 8.51. The predicted octanol–water partition coefficient (Wildman–Crippen LogP) is 1.56. The quantitative estimate of drug-likeness (QED) is 0.759. The molecule has 1 heterocycles. The highest BCUT2D eigenvalue weighted by Gasteiger charge is 2.12. The smallest absolute Gasteiger partial charge is 0.304 e. The lowest BCUT2D eigenvalue weighted by atomic mass is 10.1. The molecule has 0 radical (unpaired) electrons. The molecule has 1 rings (SSSR count). The Labute approximate surface area is 107 Å². The second-order valence-corrected chi connectivity index (χ2v) is 4.71. The number of nitrogens with zero attached hydrogens (tertiary/aromatic N) is 3. The molecule has 0 unspecified atom stereocenters. The van der Waals surface area contributed by atoms with Gasteiger partial charge in [-0.2, -0.15) is 4.98 Å². The number of carboxylic acid groups (broad SMARTS) is 1. The van der Waals surface area contributed by atoms with Gasteiger partial charge >= 0.3 is 5.97 Å². The summed E-state index contributed by atoms with van der Waals surface area (Å²) in [5.74, 6) is 0.969. The van der Waals surface area contributed by atoms with Crippen molar-refractivity contribution in [2.45, 2.75) is 40.2 Å². The zero-order valence-corrected chi connectivity index (χ0v) is 11.2. The largest absolute Gasteiger partial charge is 0.481 e. The molecule has 0 fully saturated rings. The van der Waals surface area contributed by atoms with Crippen LogP contribution in [0.3, 0.4) is 0 Å². The summed E-state index contributed by atoms with van der Waals surface area (Å²) < 4.78 is 5.15. The Balaban J connectivity index is 2.48. The Morgan fingerprint density at radius 3 is 2.78 bits per heavy atom. The van der Waals surface area contributed by atoms with Gasteiger partial charge in [-0.05, 0) is 12.5 Å². The number of aliphatic carboxylic acids is 1. The highest BCUT2D eigenvalue weighted by Crippen LogP contribution is 2.07. The Bertz CT molecular complexity index is 376. The van der Waals surface area contributed by atoms with Crippen molar-refractivity contribution in [3.8, 4) is 0 Å². The second-order valence-electron chi connectivity index (χ2n) is 4.71. The van der Waals surface area contributed by atoms with Gasteiger partial charge in [0.05, 0.1) is 13.0 Å². The molecule has 1 N–H and O–H groups in total. The first kappa shape index (κ1) is 14.6. The average Bonchev–Trinajstić information content (AvgIpc) is 2.70. The predicted molar refractivity (Wildman–Crippen MR) is 66.0 cm³/mol. The standard InChI is InChI=1S/C12H21N3O3/c1-4-15(6-5-12(16)17)8-11-13-10(14-18-11)7-9(2)3/h9H,4-8H2,1-3H3,(H,16,17). The van der Waals surface area contributed by atoms with Crippen LogP contribution in [0, 0.1) is 5.92 Å². The Morgan fingerprint density at radius 1 is 1.50 bits per heavy atom. The molecule has 0 aliphatic rings. The van der Waals surface area contributed by atoms with E-state index in [0.29, 0.717) is 30.7 Å². The van der Waals surface area contributed by atoms with Crippen molar-refractivity contribution in [2.24, 2.45) is 5.92 Å². The summed E-state index contributed by atoms with van der Waals surface area (Å²) in [6.07, 6.45) is 0.922. The zero-order chi connectivity index (χ0) is 13.5. The molecule has 0 saturated carbocycles. The summed E-state index contributed by atoms with van der Waals surface area (Å²) in [6.45, 7) is 7.94. The summed E-state index contributed by atoms with van der Waals surface area (Å²) >= 11 is 0. The summed E-state index contributed by atoms with van der Waals surface area (Å²) in [6, 6.07) is 0. The molecule has 0 amide bonds. The van der Waals surface area contributed by atoms with E-state index in [4.69, 9.17) is 9.63 Å². The molecule has 0 atom stereocenters. The second kappa shape index (κ2) is 7.10. The molecule has 6 heteroatoms. The number of aromatic nitrogens is 2. The molecule has 1 aromatic heterocycles. The number of hydrogen-bond donors (Lipinski definition) is 1. The van der Waals surface area contributed by atoms with E-state index in [1.165, 1.54) is 0 Å². The van der Waals surface area contributed by atoms with Crippen LogP contribution in [-0.4, -0.2) is 39.2 Å². The van der Waals surface area contributed by atoms with E-state index in [1.807, 2.05) is 11.8 Å². The van der Waals surface area contributed by atoms with Gasteiger partial charge in [0.2, 0.25) is 5.89 Å².